The molecule has 0 radical (unpaired) electrons. The van der Waals surface area contributed by atoms with Crippen LogP contribution < -0.4 is 5.32 Å². The number of benzene rings is 2. The second-order valence-electron chi connectivity index (χ2n) is 10.6. The molecule has 0 saturated heterocycles. The maximum atomic E-state index is 13.2. The summed E-state index contributed by atoms with van der Waals surface area (Å²) < 4.78 is 6.81. The van der Waals surface area contributed by atoms with Crippen molar-refractivity contribution in [3.63, 3.8) is 0 Å². The van der Waals surface area contributed by atoms with Crippen LogP contribution in [0.3, 0.4) is 0 Å². The molecule has 0 spiro atoms. The summed E-state index contributed by atoms with van der Waals surface area (Å²) in [6, 6.07) is 12.3. The Bertz CT molecular complexity index is 1010. The summed E-state index contributed by atoms with van der Waals surface area (Å²) in [4.78, 5) is 27.9. The lowest BCUT2D eigenvalue weighted by Crippen LogP contribution is -2.53. The first-order valence-corrected chi connectivity index (χ1v) is 14.2. The van der Waals surface area contributed by atoms with Crippen LogP contribution >= 0.6 is 0 Å². The van der Waals surface area contributed by atoms with Gasteiger partial charge in [-0.15, -0.1) is 0 Å². The molecular formula is C32H50N3O3+. The Morgan fingerprint density at radius 1 is 0.868 bits per heavy atom. The minimum atomic E-state index is -0.00346. The van der Waals surface area contributed by atoms with E-state index in [9.17, 15) is 9.59 Å². The van der Waals surface area contributed by atoms with Crippen molar-refractivity contribution >= 4 is 17.4 Å². The smallest absolute Gasteiger partial charge is 0.238 e. The number of hydrogen-bond donors (Lipinski definition) is 1. The number of hydrogen-bond acceptors (Lipinski definition) is 4. The van der Waals surface area contributed by atoms with Crippen molar-refractivity contribution in [1.82, 2.24) is 4.90 Å². The molecule has 2 rings (SSSR count). The van der Waals surface area contributed by atoms with Crippen LogP contribution in [0.4, 0.5) is 5.69 Å². The van der Waals surface area contributed by atoms with Gasteiger partial charge in [-0.25, -0.2) is 0 Å². The molecule has 1 atom stereocenters. The Morgan fingerprint density at radius 2 is 1.47 bits per heavy atom. The first-order valence-electron chi connectivity index (χ1n) is 14.2. The van der Waals surface area contributed by atoms with Crippen LogP contribution in [0.15, 0.2) is 36.4 Å². The average molecular weight is 525 g/mol. The highest BCUT2D eigenvalue weighted by Crippen LogP contribution is 2.19. The number of likely N-dealkylation sites (N-methyl/N-ethyl adjacent to an activating group) is 2. The Morgan fingerprint density at radius 3 is 2.03 bits per heavy atom. The predicted molar refractivity (Wildman–Crippen MR) is 158 cm³/mol. The van der Waals surface area contributed by atoms with Crippen molar-refractivity contribution in [1.29, 1.82) is 0 Å². The number of Topliss-reactive ketones (excluding diaryl/α,β-unsaturated/α-hetero) is 1. The first-order chi connectivity index (χ1) is 18.1. The van der Waals surface area contributed by atoms with E-state index in [1.165, 1.54) is 16.7 Å². The lowest BCUT2D eigenvalue weighted by Gasteiger charge is -2.37. The van der Waals surface area contributed by atoms with Crippen LogP contribution in [0.1, 0.15) is 55.0 Å². The molecule has 6 heteroatoms. The zero-order valence-electron chi connectivity index (χ0n) is 24.9. The summed E-state index contributed by atoms with van der Waals surface area (Å²) in [6.45, 7) is 20.9. The highest BCUT2D eigenvalue weighted by Gasteiger charge is 2.28. The van der Waals surface area contributed by atoms with E-state index in [0.717, 1.165) is 53.9 Å². The Balaban J connectivity index is 1.84. The number of carbonyl (C=O) groups is 2. The summed E-state index contributed by atoms with van der Waals surface area (Å²) in [5.41, 5.74) is 6.59. The SMILES string of the molecule is CCC[N+](CC)(CCOCCN(CC)CC(=O)Nc1c(C)cccc1C)CC(=O)Cc1c(C)cccc1C. The molecular weight excluding hydrogens is 474 g/mol. The highest BCUT2D eigenvalue weighted by atomic mass is 16.5. The second kappa shape index (κ2) is 15.8. The molecule has 2 aromatic carbocycles. The van der Waals surface area contributed by atoms with Crippen LogP contribution in [-0.4, -0.2) is 80.1 Å². The van der Waals surface area contributed by atoms with Gasteiger partial charge in [-0.1, -0.05) is 50.2 Å². The Labute approximate surface area is 231 Å². The van der Waals surface area contributed by atoms with Crippen molar-refractivity contribution in [3.8, 4) is 0 Å². The third kappa shape index (κ3) is 9.64. The molecule has 2 aromatic rings. The number of nitrogens with one attached hydrogen (secondary N) is 1. The number of aryl methyl sites for hydroxylation is 4. The number of anilines is 1. The van der Waals surface area contributed by atoms with E-state index in [1.54, 1.807) is 0 Å². The zero-order valence-corrected chi connectivity index (χ0v) is 24.9. The third-order valence-electron chi connectivity index (χ3n) is 7.72. The van der Waals surface area contributed by atoms with Crippen molar-refractivity contribution in [2.24, 2.45) is 0 Å². The Hall–Kier alpha value is -2.54. The number of ketones is 1. The lowest BCUT2D eigenvalue weighted by molar-refractivity contribution is -0.919. The maximum Gasteiger partial charge on any atom is 0.238 e. The fraction of sp³-hybridized carbons (Fsp3) is 0.562. The third-order valence-corrected chi connectivity index (χ3v) is 7.72. The van der Waals surface area contributed by atoms with E-state index in [2.05, 4.69) is 63.0 Å². The molecule has 38 heavy (non-hydrogen) atoms. The van der Waals surface area contributed by atoms with Gasteiger partial charge in [0.15, 0.2) is 5.78 Å². The number of nitrogens with zero attached hydrogens (tertiary/aromatic N) is 2. The molecule has 0 heterocycles. The normalized spacial score (nSPS) is 12.9. The molecule has 0 aliphatic rings. The van der Waals surface area contributed by atoms with Crippen molar-refractivity contribution < 1.29 is 18.8 Å². The average Bonchev–Trinajstić information content (AvgIpc) is 2.87. The van der Waals surface area contributed by atoms with Crippen molar-refractivity contribution in [3.05, 3.63) is 64.2 Å². The van der Waals surface area contributed by atoms with Gasteiger partial charge in [-0.05, 0) is 75.4 Å². The number of para-hydroxylation sites is 1. The molecule has 1 amide bonds. The number of amides is 1. The fourth-order valence-electron chi connectivity index (χ4n) is 5.22. The molecule has 0 saturated carbocycles. The summed E-state index contributed by atoms with van der Waals surface area (Å²) in [7, 11) is 0. The van der Waals surface area contributed by atoms with E-state index in [0.29, 0.717) is 45.1 Å². The molecule has 6 nitrogen and oxygen atoms in total. The van der Waals surface area contributed by atoms with E-state index in [1.807, 2.05) is 32.0 Å². The van der Waals surface area contributed by atoms with Crippen LogP contribution in [0, 0.1) is 27.7 Å². The zero-order chi connectivity index (χ0) is 28.1. The van der Waals surface area contributed by atoms with E-state index in [4.69, 9.17) is 4.74 Å². The maximum absolute atomic E-state index is 13.2. The standard InChI is InChI=1S/C32H49N3O3/c1-8-18-35(10-3,24-29(36)22-30-25(4)13-11-14-26(30)5)19-21-38-20-17-34(9-2)23-31(37)33-32-27(6)15-12-16-28(32)7/h11-16H,8-10,17-24H2,1-7H3/p+1. The molecule has 210 valence electrons. The highest BCUT2D eigenvalue weighted by molar-refractivity contribution is 5.93. The lowest BCUT2D eigenvalue weighted by atomic mass is 9.97. The quantitative estimate of drug-likeness (QED) is 0.227. The van der Waals surface area contributed by atoms with Crippen LogP contribution in [0.5, 0.6) is 0 Å². The summed E-state index contributed by atoms with van der Waals surface area (Å²) in [5.74, 6) is 0.293. The van der Waals surface area contributed by atoms with E-state index >= 15 is 0 Å². The van der Waals surface area contributed by atoms with Crippen LogP contribution in [0.2, 0.25) is 0 Å². The monoisotopic (exact) mass is 524 g/mol. The number of quaternary nitrogens is 1. The predicted octanol–water partition coefficient (Wildman–Crippen LogP) is 5.26. The Kier molecular flexibility index (Phi) is 13.1. The van der Waals surface area contributed by atoms with E-state index < -0.39 is 0 Å². The number of carbonyl (C=O) groups excluding carboxylic acids is 2. The molecule has 0 aliphatic heterocycles. The number of ether oxygens (including phenoxy) is 1. The number of rotatable bonds is 17. The van der Waals surface area contributed by atoms with E-state index in [-0.39, 0.29) is 5.91 Å². The van der Waals surface area contributed by atoms with Gasteiger partial charge in [0.1, 0.15) is 13.1 Å². The molecule has 0 aliphatic carbocycles. The fourth-order valence-corrected chi connectivity index (χ4v) is 5.22. The molecule has 0 fully saturated rings. The topological polar surface area (TPSA) is 58.6 Å². The van der Waals surface area contributed by atoms with Gasteiger partial charge in [-0.3, -0.25) is 14.5 Å². The van der Waals surface area contributed by atoms with Crippen molar-refractivity contribution in [2.45, 2.75) is 61.3 Å². The van der Waals surface area contributed by atoms with Gasteiger partial charge in [0, 0.05) is 18.7 Å². The molecule has 1 unspecified atom stereocenters. The van der Waals surface area contributed by atoms with Gasteiger partial charge in [0.25, 0.3) is 0 Å². The minimum absolute atomic E-state index is 0.00346. The molecule has 1 N–H and O–H groups in total. The van der Waals surface area contributed by atoms with Gasteiger partial charge >= 0.3 is 0 Å². The first kappa shape index (κ1) is 31.7. The van der Waals surface area contributed by atoms with Crippen LogP contribution in [-0.2, 0) is 20.7 Å². The van der Waals surface area contributed by atoms with Crippen molar-refractivity contribution in [2.75, 3.05) is 64.3 Å². The summed E-state index contributed by atoms with van der Waals surface area (Å²) in [5, 5.41) is 3.07. The summed E-state index contributed by atoms with van der Waals surface area (Å²) >= 11 is 0. The van der Waals surface area contributed by atoms with Gasteiger partial charge < -0.3 is 14.5 Å². The largest absolute Gasteiger partial charge is 0.374 e. The van der Waals surface area contributed by atoms with Gasteiger partial charge in [0.2, 0.25) is 5.91 Å². The second-order valence-corrected chi connectivity index (χ2v) is 10.6. The molecule has 0 aromatic heterocycles. The van der Waals surface area contributed by atoms with Gasteiger partial charge in [-0.2, -0.15) is 0 Å². The minimum Gasteiger partial charge on any atom is -0.374 e. The summed E-state index contributed by atoms with van der Waals surface area (Å²) in [6.07, 6.45) is 1.53. The van der Waals surface area contributed by atoms with Crippen LogP contribution in [0.25, 0.3) is 0 Å². The molecule has 0 bridgehead atoms. The van der Waals surface area contributed by atoms with Gasteiger partial charge in [0.05, 0.1) is 32.8 Å².